The topological polar surface area (TPSA) is 51.8 Å². The van der Waals surface area contributed by atoms with E-state index in [2.05, 4.69) is 250 Å². The number of fused-ring (bicyclic) bond motifs is 3. The van der Waals surface area contributed by atoms with Crippen molar-refractivity contribution in [1.29, 1.82) is 0 Å². The van der Waals surface area contributed by atoms with Gasteiger partial charge < -0.3 is 19.4 Å². The minimum absolute atomic E-state index is 0. The van der Waals surface area contributed by atoms with Crippen LogP contribution in [0.15, 0.2) is 235 Å². The van der Waals surface area contributed by atoms with Crippen LogP contribution in [0.4, 0.5) is 0 Å². The Morgan fingerprint density at radius 2 is 0.795 bits per heavy atom. The number of para-hydroxylation sites is 1. The van der Waals surface area contributed by atoms with Gasteiger partial charge in [-0.05, 0) is 148 Å². The van der Waals surface area contributed by atoms with E-state index in [1.807, 2.05) is 36.8 Å². The van der Waals surface area contributed by atoms with Crippen molar-refractivity contribution in [2.24, 2.45) is 0 Å². The number of nitrogens with zero attached hydrogens (tertiary/aromatic N) is 3. The van der Waals surface area contributed by atoms with Gasteiger partial charge in [0.25, 0.3) is 0 Å². The summed E-state index contributed by atoms with van der Waals surface area (Å²) in [7, 11) is 0. The Balaban J connectivity index is 0.00000609. The summed E-state index contributed by atoms with van der Waals surface area (Å²) in [6, 6.07) is 86.2. The standard InChI is InChI=1S/C73H50N3O.Ir/c1-46-35-36-74-70(37-46)54-30-24-51(25-31-54)60-14-6-9-17-63(60)57-39-56(62-16-8-5-13-59(62)50-22-28-53(29-23-50)69-34-21-47(2)44-75-69)40-58(41-57)64-18-10-7-15-61(64)52-26-32-55(33-27-52)71-42-66(49(4)45-76-71)67-43-73-68(38-48(67)3)65-19-11-12-20-72(65)77-73;/h5-28,30,32,34-45H,1-4H3;/q-3;+3. The third kappa shape index (κ3) is 9.60. The van der Waals surface area contributed by atoms with Crippen LogP contribution in [0, 0.1) is 45.9 Å². The van der Waals surface area contributed by atoms with Crippen molar-refractivity contribution in [1.82, 2.24) is 15.0 Å². The van der Waals surface area contributed by atoms with Crippen LogP contribution < -0.4 is 0 Å². The van der Waals surface area contributed by atoms with Crippen molar-refractivity contribution >= 4 is 21.9 Å². The van der Waals surface area contributed by atoms with Crippen LogP contribution in [0.3, 0.4) is 0 Å². The number of hydrogen-bond acceptors (Lipinski definition) is 4. The molecule has 9 aromatic carbocycles. The van der Waals surface area contributed by atoms with Crippen LogP contribution in [0.25, 0.3) is 134 Å². The molecule has 4 nitrogen and oxygen atoms in total. The molecular formula is C73H50IrN3O. The van der Waals surface area contributed by atoms with E-state index < -0.39 is 0 Å². The van der Waals surface area contributed by atoms with Crippen LogP contribution in [0.1, 0.15) is 22.3 Å². The second kappa shape index (κ2) is 21.1. The third-order valence-electron chi connectivity index (χ3n) is 14.8. The summed E-state index contributed by atoms with van der Waals surface area (Å²) in [6.45, 7) is 8.44. The Hall–Kier alpha value is -9.12. The molecule has 0 atom stereocenters. The molecule has 0 spiro atoms. The summed E-state index contributed by atoms with van der Waals surface area (Å²) < 4.78 is 6.34. The van der Waals surface area contributed by atoms with E-state index in [4.69, 9.17) is 9.40 Å². The fraction of sp³-hybridized carbons (Fsp3) is 0.0548. The van der Waals surface area contributed by atoms with E-state index in [0.29, 0.717) is 0 Å². The Morgan fingerprint density at radius 3 is 1.29 bits per heavy atom. The van der Waals surface area contributed by atoms with E-state index in [-0.39, 0.29) is 20.1 Å². The average molecular weight is 1180 g/mol. The predicted molar refractivity (Wildman–Crippen MR) is 317 cm³/mol. The summed E-state index contributed by atoms with van der Waals surface area (Å²) in [5.74, 6) is 0. The van der Waals surface area contributed by atoms with Crippen LogP contribution in [0.2, 0.25) is 0 Å². The first-order chi connectivity index (χ1) is 37.8. The fourth-order valence-electron chi connectivity index (χ4n) is 10.8. The van der Waals surface area contributed by atoms with Gasteiger partial charge in [0, 0.05) is 29.4 Å². The van der Waals surface area contributed by atoms with Gasteiger partial charge in [0.1, 0.15) is 11.2 Å². The van der Waals surface area contributed by atoms with E-state index in [1.54, 1.807) is 0 Å². The van der Waals surface area contributed by atoms with E-state index in [0.717, 1.165) is 145 Å². The maximum atomic E-state index is 6.34. The normalized spacial score (nSPS) is 11.2. The predicted octanol–water partition coefficient (Wildman–Crippen LogP) is 19.1. The number of aryl methyl sites for hydroxylation is 4. The zero-order valence-electron chi connectivity index (χ0n) is 43.5. The van der Waals surface area contributed by atoms with Crippen molar-refractivity contribution in [2.45, 2.75) is 27.7 Å². The largest absolute Gasteiger partial charge is 3.00 e. The van der Waals surface area contributed by atoms with Gasteiger partial charge in [-0.1, -0.05) is 154 Å². The first kappa shape index (κ1) is 49.7. The smallest absolute Gasteiger partial charge is 0.456 e. The second-order valence-electron chi connectivity index (χ2n) is 20.0. The molecule has 4 aromatic heterocycles. The molecule has 0 aliphatic heterocycles. The van der Waals surface area contributed by atoms with Crippen molar-refractivity contribution in [3.63, 3.8) is 0 Å². The summed E-state index contributed by atoms with van der Waals surface area (Å²) in [4.78, 5) is 14.3. The zero-order valence-corrected chi connectivity index (χ0v) is 45.9. The molecular weight excluding hydrogens is 1130 g/mol. The maximum Gasteiger partial charge on any atom is 3.00 e. The second-order valence-corrected chi connectivity index (χ2v) is 20.0. The maximum absolute atomic E-state index is 6.34. The van der Waals surface area contributed by atoms with Gasteiger partial charge in [0.2, 0.25) is 0 Å². The minimum Gasteiger partial charge on any atom is -0.456 e. The van der Waals surface area contributed by atoms with E-state index in [1.165, 1.54) is 11.1 Å². The molecule has 372 valence electrons. The molecule has 0 radical (unpaired) electrons. The molecule has 13 rings (SSSR count). The molecule has 78 heavy (non-hydrogen) atoms. The summed E-state index contributed by atoms with van der Waals surface area (Å²) in [5, 5.41) is 2.26. The molecule has 5 heteroatoms. The Morgan fingerprint density at radius 1 is 0.321 bits per heavy atom. The van der Waals surface area contributed by atoms with Gasteiger partial charge >= 0.3 is 20.1 Å². The number of hydrogen-bond donors (Lipinski definition) is 0. The number of aromatic nitrogens is 3. The van der Waals surface area contributed by atoms with Gasteiger partial charge in [0.15, 0.2) is 0 Å². The van der Waals surface area contributed by atoms with Crippen LogP contribution in [0.5, 0.6) is 0 Å². The van der Waals surface area contributed by atoms with Crippen LogP contribution in [-0.2, 0) is 20.1 Å². The SMILES string of the molecule is Cc1ccc(-c2[c-]cc(-c3ccccc3-c3cc(-c4ccccc4-c4c[c-]c(-c5cc(C)ccn5)cc4)cc(-c4ccccc4-c4c[c-]c(-c5cc(-c6cc7oc8ccccc8c7cc6C)c(C)cn5)cc4)c3)cc2)nc1.[Ir+3]. The fourth-order valence-corrected chi connectivity index (χ4v) is 10.8. The summed E-state index contributed by atoms with van der Waals surface area (Å²) in [5.41, 5.74) is 27.4. The first-order valence-corrected chi connectivity index (χ1v) is 26.0. The third-order valence-corrected chi connectivity index (χ3v) is 14.8. The molecule has 0 amide bonds. The van der Waals surface area contributed by atoms with Crippen molar-refractivity contribution in [3.8, 4) is 112 Å². The zero-order chi connectivity index (χ0) is 52.0. The Bertz CT molecular complexity index is 4350. The quantitative estimate of drug-likeness (QED) is 0.128. The molecule has 0 aliphatic carbocycles. The van der Waals surface area contributed by atoms with Crippen molar-refractivity contribution in [2.75, 3.05) is 0 Å². The molecule has 0 unspecified atom stereocenters. The molecule has 4 heterocycles. The summed E-state index contributed by atoms with van der Waals surface area (Å²) >= 11 is 0. The van der Waals surface area contributed by atoms with Crippen molar-refractivity contribution in [3.05, 3.63) is 271 Å². The molecule has 0 N–H and O–H groups in total. The Labute approximate surface area is 469 Å². The van der Waals surface area contributed by atoms with Gasteiger partial charge in [-0.2, -0.15) is 0 Å². The minimum atomic E-state index is 0. The summed E-state index contributed by atoms with van der Waals surface area (Å²) in [6.07, 6.45) is 5.73. The number of rotatable bonds is 10. The molecule has 0 fully saturated rings. The van der Waals surface area contributed by atoms with Crippen LogP contribution in [-0.4, -0.2) is 15.0 Å². The monoisotopic (exact) mass is 1180 g/mol. The van der Waals surface area contributed by atoms with Gasteiger partial charge in [-0.15, -0.1) is 89.5 Å². The number of pyridine rings is 3. The van der Waals surface area contributed by atoms with Gasteiger partial charge in [0.05, 0.1) is 0 Å². The molecule has 0 saturated heterocycles. The molecule has 0 aliphatic rings. The van der Waals surface area contributed by atoms with Crippen LogP contribution >= 0.6 is 0 Å². The van der Waals surface area contributed by atoms with Gasteiger partial charge in [-0.3, -0.25) is 0 Å². The molecule has 13 aromatic rings. The Kier molecular flexibility index (Phi) is 13.5. The number of furan rings is 1. The average Bonchev–Trinajstić information content (AvgIpc) is 3.87. The first-order valence-electron chi connectivity index (χ1n) is 26.0. The van der Waals surface area contributed by atoms with E-state index in [9.17, 15) is 0 Å². The van der Waals surface area contributed by atoms with Crippen molar-refractivity contribution < 1.29 is 24.5 Å². The molecule has 0 saturated carbocycles. The number of benzene rings is 9. The molecule has 0 bridgehead atoms. The van der Waals surface area contributed by atoms with Gasteiger partial charge in [-0.25, -0.2) is 0 Å². The van der Waals surface area contributed by atoms with E-state index >= 15 is 0 Å².